The highest BCUT2D eigenvalue weighted by Gasteiger charge is 2.29. The number of rotatable bonds is 14. The molecule has 178 valence electrons. The third kappa shape index (κ3) is 6.17. The Morgan fingerprint density at radius 2 is 1.56 bits per heavy atom. The van der Waals surface area contributed by atoms with Gasteiger partial charge in [0.05, 0.1) is 12.6 Å². The minimum atomic E-state index is -0.423. The Labute approximate surface area is 201 Å². The third-order valence-electron chi connectivity index (χ3n) is 6.39. The summed E-state index contributed by atoms with van der Waals surface area (Å²) < 4.78 is 5.66. The van der Waals surface area contributed by atoms with Crippen molar-refractivity contribution in [2.45, 2.75) is 44.6 Å². The lowest BCUT2D eigenvalue weighted by molar-refractivity contribution is -0.144. The lowest BCUT2D eigenvalue weighted by Gasteiger charge is -2.18. The Morgan fingerprint density at radius 3 is 2.12 bits per heavy atom. The molecule has 0 amide bonds. The van der Waals surface area contributed by atoms with E-state index >= 15 is 0 Å². The zero-order valence-corrected chi connectivity index (χ0v) is 19.8. The predicted molar refractivity (Wildman–Crippen MR) is 135 cm³/mol. The van der Waals surface area contributed by atoms with Crippen molar-refractivity contribution in [1.82, 2.24) is 5.32 Å². The summed E-state index contributed by atoms with van der Waals surface area (Å²) in [4.78, 5) is 37.0. The van der Waals surface area contributed by atoms with Crippen LogP contribution >= 0.6 is 0 Å². The Morgan fingerprint density at radius 1 is 0.971 bits per heavy atom. The van der Waals surface area contributed by atoms with E-state index in [1.165, 1.54) is 29.2 Å². The molecular weight excluding hydrogens is 426 g/mol. The van der Waals surface area contributed by atoms with Crippen LogP contribution in [0.5, 0.6) is 0 Å². The van der Waals surface area contributed by atoms with E-state index in [0.717, 1.165) is 0 Å². The van der Waals surface area contributed by atoms with E-state index in [2.05, 4.69) is 42.7 Å². The summed E-state index contributed by atoms with van der Waals surface area (Å²) in [7, 11) is 0. The van der Waals surface area contributed by atoms with E-state index in [9.17, 15) is 14.4 Å². The molecule has 0 unspecified atom stereocenters. The highest BCUT2D eigenvalue weighted by atomic mass is 16.5. The van der Waals surface area contributed by atoms with Crippen LogP contribution in [0.2, 0.25) is 0 Å². The summed E-state index contributed by atoms with van der Waals surface area (Å²) in [6.45, 7) is 9.23. The van der Waals surface area contributed by atoms with Crippen molar-refractivity contribution in [1.29, 1.82) is 0 Å². The number of carbonyl (C=O) groups is 3. The van der Waals surface area contributed by atoms with Gasteiger partial charge in [0, 0.05) is 18.3 Å². The van der Waals surface area contributed by atoms with Crippen molar-refractivity contribution in [2.24, 2.45) is 5.92 Å². The molecule has 5 nitrogen and oxygen atoms in total. The monoisotopic (exact) mass is 459 g/mol. The lowest BCUT2D eigenvalue weighted by Crippen LogP contribution is -2.40. The van der Waals surface area contributed by atoms with Crippen LogP contribution in [0.1, 0.15) is 49.7 Å². The van der Waals surface area contributed by atoms with Gasteiger partial charge in [-0.05, 0) is 48.4 Å². The maximum absolute atomic E-state index is 12.7. The maximum Gasteiger partial charge on any atom is 0.305 e. The molecule has 0 bridgehead atoms. The molecule has 34 heavy (non-hydrogen) atoms. The Hall–Kier alpha value is -3.31. The average Bonchev–Trinajstić information content (AvgIpc) is 3.16. The van der Waals surface area contributed by atoms with E-state index in [1.54, 1.807) is 12.2 Å². The molecule has 1 aliphatic rings. The maximum atomic E-state index is 12.7. The van der Waals surface area contributed by atoms with Gasteiger partial charge in [0.15, 0.2) is 0 Å². The van der Waals surface area contributed by atoms with Gasteiger partial charge in [-0.3, -0.25) is 14.4 Å². The molecule has 2 aromatic carbocycles. The summed E-state index contributed by atoms with van der Waals surface area (Å²) in [6, 6.07) is 16.0. The average molecular weight is 460 g/mol. The number of benzene rings is 2. The molecule has 0 spiro atoms. The van der Waals surface area contributed by atoms with Crippen LogP contribution in [0.3, 0.4) is 0 Å². The van der Waals surface area contributed by atoms with Crippen molar-refractivity contribution < 1.29 is 19.1 Å². The van der Waals surface area contributed by atoms with E-state index in [0.29, 0.717) is 19.3 Å². The van der Waals surface area contributed by atoms with Crippen LogP contribution in [-0.2, 0) is 19.1 Å². The molecule has 5 heteroatoms. The second-order valence-corrected chi connectivity index (χ2v) is 8.70. The zero-order chi connectivity index (χ0) is 24.5. The number of ether oxygens (including phenoxy) is 1. The molecule has 2 atom stereocenters. The van der Waals surface area contributed by atoms with Crippen LogP contribution in [0, 0.1) is 5.92 Å². The van der Waals surface area contributed by atoms with Gasteiger partial charge >= 0.3 is 5.97 Å². The first-order chi connectivity index (χ1) is 16.5. The third-order valence-corrected chi connectivity index (χ3v) is 6.39. The molecular formula is C29H33NO4. The number of ketones is 2. The van der Waals surface area contributed by atoms with Crippen molar-refractivity contribution in [3.63, 3.8) is 0 Å². The van der Waals surface area contributed by atoms with Crippen LogP contribution in [0.4, 0.5) is 0 Å². The van der Waals surface area contributed by atoms with Crippen LogP contribution in [0.15, 0.2) is 73.8 Å². The Kier molecular flexibility index (Phi) is 9.11. The number of hydrogen-bond donors (Lipinski definition) is 1. The van der Waals surface area contributed by atoms with Crippen LogP contribution < -0.4 is 5.32 Å². The molecule has 0 fully saturated rings. The number of allylic oxidation sites excluding steroid dienone is 1. The van der Waals surface area contributed by atoms with E-state index < -0.39 is 6.04 Å². The minimum Gasteiger partial charge on any atom is -0.465 e. The zero-order valence-electron chi connectivity index (χ0n) is 19.8. The predicted octanol–water partition coefficient (Wildman–Crippen LogP) is 5.01. The molecule has 1 N–H and O–H groups in total. The van der Waals surface area contributed by atoms with Gasteiger partial charge in [-0.15, -0.1) is 13.2 Å². The molecule has 0 radical (unpaired) electrons. The highest BCUT2D eigenvalue weighted by Crippen LogP contribution is 2.44. The molecule has 0 saturated heterocycles. The van der Waals surface area contributed by atoms with Crippen molar-refractivity contribution in [2.75, 3.05) is 13.2 Å². The number of fused-ring (bicyclic) bond motifs is 3. The quantitative estimate of drug-likeness (QED) is 0.318. The number of hydrogen-bond acceptors (Lipinski definition) is 5. The van der Waals surface area contributed by atoms with Crippen LogP contribution in [-0.4, -0.2) is 36.7 Å². The number of Topliss-reactive ketones (excluding diaryl/α,β-unsaturated/α-hetero) is 2. The first-order valence-corrected chi connectivity index (χ1v) is 11.8. The highest BCUT2D eigenvalue weighted by molar-refractivity contribution is 5.86. The largest absolute Gasteiger partial charge is 0.465 e. The Balaban J connectivity index is 1.54. The van der Waals surface area contributed by atoms with Crippen molar-refractivity contribution in [3.05, 3.63) is 85.0 Å². The van der Waals surface area contributed by atoms with E-state index in [4.69, 9.17) is 4.74 Å². The van der Waals surface area contributed by atoms with E-state index in [1.807, 2.05) is 24.3 Å². The summed E-state index contributed by atoms with van der Waals surface area (Å²) in [5.74, 6) is -0.723. The first-order valence-electron chi connectivity index (χ1n) is 11.8. The number of nitrogens with one attached hydrogen (secondary N) is 1. The van der Waals surface area contributed by atoms with E-state index in [-0.39, 0.29) is 48.9 Å². The fourth-order valence-corrected chi connectivity index (χ4v) is 4.52. The molecule has 0 saturated carbocycles. The van der Waals surface area contributed by atoms with Gasteiger partial charge in [-0.25, -0.2) is 0 Å². The van der Waals surface area contributed by atoms with Gasteiger partial charge in [0.1, 0.15) is 18.2 Å². The van der Waals surface area contributed by atoms with Gasteiger partial charge in [0.2, 0.25) is 0 Å². The van der Waals surface area contributed by atoms with Crippen molar-refractivity contribution in [3.8, 4) is 11.1 Å². The summed E-state index contributed by atoms with van der Waals surface area (Å²) in [6.07, 6.45) is 4.82. The lowest BCUT2D eigenvalue weighted by atomic mass is 9.94. The SMILES string of the molecule is C=CC[C@H](CCC(=O)OCC1c2ccccc2-c2ccccc21)C(=O)CN[C@@H](CC=C)C(C)=O. The molecule has 0 aliphatic heterocycles. The number of esters is 1. The minimum absolute atomic E-state index is 0.0135. The second kappa shape index (κ2) is 12.2. The molecule has 1 aliphatic carbocycles. The van der Waals surface area contributed by atoms with Gasteiger partial charge in [-0.1, -0.05) is 60.7 Å². The van der Waals surface area contributed by atoms with Gasteiger partial charge in [-0.2, -0.15) is 0 Å². The number of carbonyl (C=O) groups excluding carboxylic acids is 3. The standard InChI is InChI=1S/C29H33NO4/c1-4-10-21(28(32)18-30-27(11-5-2)20(3)31)16-17-29(33)34-19-26-24-14-8-6-12-22(24)23-13-7-9-15-25(23)26/h4-9,12-15,21,26-27,30H,1-2,10-11,16-19H2,3H3/t21-,27+/m1/s1. The molecule has 2 aromatic rings. The van der Waals surface area contributed by atoms with Gasteiger partial charge < -0.3 is 10.1 Å². The summed E-state index contributed by atoms with van der Waals surface area (Å²) in [5, 5.41) is 3.01. The fourth-order valence-electron chi connectivity index (χ4n) is 4.52. The summed E-state index contributed by atoms with van der Waals surface area (Å²) >= 11 is 0. The first kappa shape index (κ1) is 25.3. The fraction of sp³-hybridized carbons (Fsp3) is 0.345. The van der Waals surface area contributed by atoms with Crippen LogP contribution in [0.25, 0.3) is 11.1 Å². The normalized spacial score (nSPS) is 13.9. The molecule has 0 aromatic heterocycles. The smallest absolute Gasteiger partial charge is 0.305 e. The summed E-state index contributed by atoms with van der Waals surface area (Å²) in [5.41, 5.74) is 4.70. The van der Waals surface area contributed by atoms with Crippen molar-refractivity contribution >= 4 is 17.5 Å². The molecule has 0 heterocycles. The molecule has 3 rings (SSSR count). The Bertz CT molecular complexity index is 1010. The van der Waals surface area contributed by atoms with Gasteiger partial charge in [0.25, 0.3) is 0 Å². The topological polar surface area (TPSA) is 72.5 Å². The second-order valence-electron chi connectivity index (χ2n) is 8.70.